The maximum atomic E-state index is 12.9. The summed E-state index contributed by atoms with van der Waals surface area (Å²) >= 11 is 0. The molecule has 7 heteroatoms. The van der Waals surface area contributed by atoms with E-state index in [0.29, 0.717) is 12.0 Å². The van der Waals surface area contributed by atoms with E-state index in [0.717, 1.165) is 5.57 Å². The van der Waals surface area contributed by atoms with E-state index in [2.05, 4.69) is 0 Å². The molecule has 7 atom stereocenters. The predicted octanol–water partition coefficient (Wildman–Crippen LogP) is 2.46. The van der Waals surface area contributed by atoms with Gasteiger partial charge in [-0.05, 0) is 41.0 Å². The van der Waals surface area contributed by atoms with E-state index in [1.54, 1.807) is 26.8 Å². The Labute approximate surface area is 171 Å². The second kappa shape index (κ2) is 7.27. The first-order chi connectivity index (χ1) is 13.4. The van der Waals surface area contributed by atoms with E-state index in [-0.39, 0.29) is 18.3 Å². The fraction of sp³-hybridized carbons (Fsp3) is 0.682. The number of hydrogen-bond donors (Lipinski definition) is 1. The zero-order valence-corrected chi connectivity index (χ0v) is 17.9. The molecule has 0 aromatic heterocycles. The molecule has 1 heterocycles. The lowest BCUT2D eigenvalue weighted by atomic mass is 9.75. The lowest BCUT2D eigenvalue weighted by Gasteiger charge is -2.35. The summed E-state index contributed by atoms with van der Waals surface area (Å²) in [4.78, 5) is 37.2. The normalized spacial score (nSPS) is 41.6. The Hall–Kier alpha value is -2.15. The molecule has 0 radical (unpaired) electrons. The molecule has 0 unspecified atom stereocenters. The minimum Gasteiger partial charge on any atom is -0.458 e. The fourth-order valence-corrected chi connectivity index (χ4v) is 5.23. The largest absolute Gasteiger partial charge is 0.458 e. The summed E-state index contributed by atoms with van der Waals surface area (Å²) < 4.78 is 17.0. The van der Waals surface area contributed by atoms with Crippen LogP contribution in [0, 0.1) is 17.8 Å². The topological polar surface area (TPSA) is 99.1 Å². The quantitative estimate of drug-likeness (QED) is 0.333. The first-order valence-electron chi connectivity index (χ1n) is 10.1. The summed E-state index contributed by atoms with van der Waals surface area (Å²) in [6.45, 7) is 9.78. The van der Waals surface area contributed by atoms with Gasteiger partial charge in [0.05, 0.1) is 11.5 Å². The Kier molecular flexibility index (Phi) is 5.41. The highest BCUT2D eigenvalue weighted by Crippen LogP contribution is 2.54. The number of hydrogen-bond acceptors (Lipinski definition) is 7. The third-order valence-electron chi connectivity index (χ3n) is 6.83. The van der Waals surface area contributed by atoms with E-state index < -0.39 is 47.2 Å². The Bertz CT molecular complexity index is 793. The van der Waals surface area contributed by atoms with Crippen LogP contribution in [0.25, 0.3) is 0 Å². The molecule has 3 rings (SSSR count). The van der Waals surface area contributed by atoms with Gasteiger partial charge >= 0.3 is 17.9 Å². The number of ether oxygens (including phenoxy) is 3. The summed E-state index contributed by atoms with van der Waals surface area (Å²) in [6.07, 6.45) is 2.93. The summed E-state index contributed by atoms with van der Waals surface area (Å²) in [6, 6.07) is 0. The van der Waals surface area contributed by atoms with Crippen molar-refractivity contribution in [3.63, 3.8) is 0 Å². The lowest BCUT2D eigenvalue weighted by molar-refractivity contribution is -0.179. The monoisotopic (exact) mass is 406 g/mol. The smallest absolute Gasteiger partial charge is 0.351 e. The summed E-state index contributed by atoms with van der Waals surface area (Å²) in [5.41, 5.74) is -1.32. The maximum absolute atomic E-state index is 12.9. The van der Waals surface area contributed by atoms with Gasteiger partial charge in [-0.3, -0.25) is 4.79 Å². The molecule has 0 aromatic carbocycles. The fourth-order valence-electron chi connectivity index (χ4n) is 5.23. The molecular formula is C22H30O7. The van der Waals surface area contributed by atoms with Gasteiger partial charge in [-0.25, -0.2) is 9.59 Å². The van der Waals surface area contributed by atoms with Crippen LogP contribution in [0.5, 0.6) is 0 Å². The Morgan fingerprint density at radius 2 is 1.97 bits per heavy atom. The van der Waals surface area contributed by atoms with Crippen LogP contribution in [0.4, 0.5) is 0 Å². The van der Waals surface area contributed by atoms with Gasteiger partial charge in [0, 0.05) is 30.8 Å². The molecule has 29 heavy (non-hydrogen) atoms. The number of carbonyl (C=O) groups is 3. The van der Waals surface area contributed by atoms with Gasteiger partial charge in [0.25, 0.3) is 0 Å². The molecular weight excluding hydrogens is 376 g/mol. The number of carbonyl (C=O) groups excluding carboxylic acids is 3. The van der Waals surface area contributed by atoms with Gasteiger partial charge in [-0.15, -0.1) is 0 Å². The second-order valence-electron chi connectivity index (χ2n) is 8.89. The minimum atomic E-state index is -1.60. The van der Waals surface area contributed by atoms with Crippen molar-refractivity contribution in [2.75, 3.05) is 0 Å². The highest BCUT2D eigenvalue weighted by atomic mass is 16.6. The first kappa shape index (κ1) is 21.6. The van der Waals surface area contributed by atoms with Crippen molar-refractivity contribution in [2.24, 2.45) is 17.8 Å². The van der Waals surface area contributed by atoms with Gasteiger partial charge in [0.15, 0.2) is 0 Å². The van der Waals surface area contributed by atoms with Crippen molar-refractivity contribution in [1.82, 2.24) is 0 Å². The second-order valence-corrected chi connectivity index (χ2v) is 8.89. The van der Waals surface area contributed by atoms with Crippen molar-refractivity contribution in [3.05, 3.63) is 23.3 Å². The SMILES string of the molecule is CC=C(C)C(=O)O[C@H]1C[C@](C)(O)[C@H]2CC=C(C)[C@H]2[C@@H]2OC(=O)[C@@](C)(OC(C)=O)[C@@H]21. The van der Waals surface area contributed by atoms with Crippen molar-refractivity contribution in [1.29, 1.82) is 0 Å². The molecule has 1 saturated heterocycles. The lowest BCUT2D eigenvalue weighted by Crippen LogP contribution is -2.50. The summed E-state index contributed by atoms with van der Waals surface area (Å²) in [5, 5.41) is 11.3. The molecule has 0 bridgehead atoms. The molecule has 3 aliphatic rings. The molecule has 2 fully saturated rings. The highest BCUT2D eigenvalue weighted by molar-refractivity contribution is 5.88. The van der Waals surface area contributed by atoms with Gasteiger partial charge in [0.1, 0.15) is 12.2 Å². The number of rotatable bonds is 3. The van der Waals surface area contributed by atoms with Gasteiger partial charge in [-0.2, -0.15) is 0 Å². The molecule has 0 aromatic rings. The van der Waals surface area contributed by atoms with Gasteiger partial charge < -0.3 is 19.3 Å². The minimum absolute atomic E-state index is 0.118. The average Bonchev–Trinajstić information content (AvgIpc) is 3.08. The van der Waals surface area contributed by atoms with Gasteiger partial charge in [0.2, 0.25) is 5.60 Å². The van der Waals surface area contributed by atoms with Crippen molar-refractivity contribution in [2.45, 2.75) is 77.8 Å². The number of allylic oxidation sites excluding steroid dienone is 2. The van der Waals surface area contributed by atoms with E-state index in [1.165, 1.54) is 13.8 Å². The van der Waals surface area contributed by atoms with Crippen LogP contribution in [-0.4, -0.2) is 46.4 Å². The van der Waals surface area contributed by atoms with Crippen LogP contribution in [-0.2, 0) is 28.6 Å². The molecule has 0 amide bonds. The number of esters is 3. The molecule has 160 valence electrons. The first-order valence-corrected chi connectivity index (χ1v) is 10.1. The van der Waals surface area contributed by atoms with E-state index in [4.69, 9.17) is 14.2 Å². The van der Waals surface area contributed by atoms with E-state index >= 15 is 0 Å². The third-order valence-corrected chi connectivity index (χ3v) is 6.83. The molecule has 2 aliphatic carbocycles. The summed E-state index contributed by atoms with van der Waals surface area (Å²) in [5.74, 6) is -2.94. The van der Waals surface area contributed by atoms with Gasteiger partial charge in [-0.1, -0.05) is 17.7 Å². The molecule has 7 nitrogen and oxygen atoms in total. The Morgan fingerprint density at radius 1 is 1.31 bits per heavy atom. The van der Waals surface area contributed by atoms with Crippen molar-refractivity contribution in [3.8, 4) is 0 Å². The molecule has 0 spiro atoms. The van der Waals surface area contributed by atoms with Crippen LogP contribution in [0.15, 0.2) is 23.3 Å². The van der Waals surface area contributed by atoms with Crippen LogP contribution < -0.4 is 0 Å². The molecule has 1 saturated carbocycles. The van der Waals surface area contributed by atoms with Crippen LogP contribution >= 0.6 is 0 Å². The zero-order valence-electron chi connectivity index (χ0n) is 17.9. The van der Waals surface area contributed by atoms with Crippen molar-refractivity contribution >= 4 is 17.9 Å². The van der Waals surface area contributed by atoms with Crippen LogP contribution in [0.3, 0.4) is 0 Å². The zero-order chi connectivity index (χ0) is 21.7. The van der Waals surface area contributed by atoms with E-state index in [9.17, 15) is 19.5 Å². The third kappa shape index (κ3) is 3.50. The maximum Gasteiger partial charge on any atom is 0.351 e. The van der Waals surface area contributed by atoms with E-state index in [1.807, 2.05) is 13.0 Å². The standard InChI is InChI=1S/C22H30O7/c1-7-11(2)19(24)27-15-10-21(5,26)14-9-8-12(3)16(14)18-17(15)22(6,20(25)28-18)29-13(4)23/h7-8,14-18,26H,9-10H2,1-6H3/t14-,15-,16+,17+,18-,21-,22-/m0/s1. The highest BCUT2D eigenvalue weighted by Gasteiger charge is 2.67. The Morgan fingerprint density at radius 3 is 2.55 bits per heavy atom. The van der Waals surface area contributed by atoms with Crippen molar-refractivity contribution < 1.29 is 33.7 Å². The Balaban J connectivity index is 2.10. The molecule has 1 aliphatic heterocycles. The average molecular weight is 406 g/mol. The van der Waals surface area contributed by atoms with Crippen LogP contribution in [0.2, 0.25) is 0 Å². The summed E-state index contributed by atoms with van der Waals surface area (Å²) in [7, 11) is 0. The number of fused-ring (bicyclic) bond motifs is 3. The predicted molar refractivity (Wildman–Crippen MR) is 103 cm³/mol. The number of aliphatic hydroxyl groups is 1. The van der Waals surface area contributed by atoms with Crippen LogP contribution in [0.1, 0.15) is 54.4 Å². The molecule has 1 N–H and O–H groups in total.